The number of likely N-dealkylation sites (tertiary alicyclic amines) is 1. The van der Waals surface area contributed by atoms with Crippen molar-refractivity contribution in [3.8, 4) is 11.5 Å². The maximum Gasteiger partial charge on any atom is 0.404 e. The summed E-state index contributed by atoms with van der Waals surface area (Å²) in [5, 5.41) is 1.18. The van der Waals surface area contributed by atoms with Crippen LogP contribution in [0.1, 0.15) is 30.1 Å². The van der Waals surface area contributed by atoms with Crippen molar-refractivity contribution in [1.82, 2.24) is 19.0 Å². The summed E-state index contributed by atoms with van der Waals surface area (Å²) < 4.78 is 9.45. The Morgan fingerprint density at radius 3 is 2.76 bits per heavy atom. The lowest BCUT2D eigenvalue weighted by Gasteiger charge is -2.32. The highest BCUT2D eigenvalue weighted by atomic mass is 16.6. The summed E-state index contributed by atoms with van der Waals surface area (Å²) >= 11 is 0. The van der Waals surface area contributed by atoms with Gasteiger partial charge >= 0.3 is 6.09 Å². The Bertz CT molecular complexity index is 1370. The number of rotatable bonds is 4. The lowest BCUT2D eigenvalue weighted by molar-refractivity contribution is 0.0373. The number of nitrogens with two attached hydrogens (primary N) is 1. The zero-order valence-electron chi connectivity index (χ0n) is 18.8. The van der Waals surface area contributed by atoms with Gasteiger partial charge in [0.25, 0.3) is 5.91 Å². The van der Waals surface area contributed by atoms with Gasteiger partial charge in [-0.25, -0.2) is 9.78 Å². The average Bonchev–Trinajstić information content (AvgIpc) is 3.35. The summed E-state index contributed by atoms with van der Waals surface area (Å²) in [5.41, 5.74) is 9.68. The van der Waals surface area contributed by atoms with Gasteiger partial charge < -0.3 is 24.5 Å². The number of aromatic nitrogens is 3. The highest BCUT2D eigenvalue weighted by Crippen LogP contribution is 2.30. The number of para-hydroxylation sites is 1. The smallest absolute Gasteiger partial charge is 0.404 e. The molecule has 8 nitrogen and oxygen atoms in total. The van der Waals surface area contributed by atoms with Gasteiger partial charge in [-0.3, -0.25) is 4.79 Å². The second kappa shape index (κ2) is 8.27. The molecule has 3 heterocycles. The quantitative estimate of drug-likeness (QED) is 0.515. The van der Waals surface area contributed by atoms with Gasteiger partial charge in [0.2, 0.25) is 0 Å². The van der Waals surface area contributed by atoms with Crippen molar-refractivity contribution in [2.75, 3.05) is 13.1 Å². The molecule has 0 aliphatic carbocycles. The Morgan fingerprint density at radius 1 is 1.15 bits per heavy atom. The number of aryl methyl sites for hydroxylation is 2. The highest BCUT2D eigenvalue weighted by Gasteiger charge is 2.27. The van der Waals surface area contributed by atoms with E-state index in [4.69, 9.17) is 15.5 Å². The number of benzene rings is 2. The van der Waals surface area contributed by atoms with E-state index in [1.165, 1.54) is 10.9 Å². The van der Waals surface area contributed by atoms with E-state index in [-0.39, 0.29) is 12.0 Å². The first-order valence-corrected chi connectivity index (χ1v) is 11.3. The number of amides is 2. The van der Waals surface area contributed by atoms with E-state index in [2.05, 4.69) is 34.3 Å². The summed E-state index contributed by atoms with van der Waals surface area (Å²) in [6.07, 6.45) is 0.310. The number of nitrogens with zero attached hydrogens (tertiary/aromatic N) is 4. The van der Waals surface area contributed by atoms with E-state index in [0.717, 1.165) is 35.5 Å². The minimum Gasteiger partial charge on any atom is -0.445 e. The Balaban J connectivity index is 1.49. The van der Waals surface area contributed by atoms with Gasteiger partial charge in [0.05, 0.1) is 23.3 Å². The molecular weight excluding hydrogens is 418 g/mol. The summed E-state index contributed by atoms with van der Waals surface area (Å²) in [5.74, 6) is 0.769. The SMILES string of the molecule is CCn1c(-c2nc3cc(C(=O)N4CCC[C@@H](OC(N)=O)C4)ccc3n2C)cc2ccccc21. The van der Waals surface area contributed by atoms with Crippen molar-refractivity contribution in [3.05, 3.63) is 54.1 Å². The van der Waals surface area contributed by atoms with Gasteiger partial charge in [0.15, 0.2) is 5.82 Å². The summed E-state index contributed by atoms with van der Waals surface area (Å²) in [7, 11) is 2.00. The molecule has 8 heteroatoms. The van der Waals surface area contributed by atoms with Crippen molar-refractivity contribution in [1.29, 1.82) is 0 Å². The molecule has 1 aliphatic rings. The molecule has 0 bridgehead atoms. The van der Waals surface area contributed by atoms with Crippen molar-refractivity contribution < 1.29 is 14.3 Å². The van der Waals surface area contributed by atoms with Gasteiger partial charge in [0, 0.05) is 36.6 Å². The molecule has 0 unspecified atom stereocenters. The van der Waals surface area contributed by atoms with Gasteiger partial charge in [0.1, 0.15) is 6.10 Å². The average molecular weight is 446 g/mol. The van der Waals surface area contributed by atoms with Crippen molar-refractivity contribution in [3.63, 3.8) is 0 Å². The Morgan fingerprint density at radius 2 is 1.97 bits per heavy atom. The monoisotopic (exact) mass is 445 g/mol. The van der Waals surface area contributed by atoms with Crippen molar-refractivity contribution >= 4 is 33.9 Å². The molecule has 4 aromatic rings. The minimum absolute atomic E-state index is 0.0930. The van der Waals surface area contributed by atoms with Crippen LogP contribution in [0.15, 0.2) is 48.5 Å². The number of fused-ring (bicyclic) bond motifs is 2. The fraction of sp³-hybridized carbons (Fsp3) is 0.320. The van der Waals surface area contributed by atoms with Crippen LogP contribution in [0.3, 0.4) is 0 Å². The zero-order chi connectivity index (χ0) is 23.1. The van der Waals surface area contributed by atoms with Gasteiger partial charge in [-0.2, -0.15) is 0 Å². The van der Waals surface area contributed by atoms with E-state index in [1.807, 2.05) is 37.4 Å². The molecule has 1 aliphatic heterocycles. The maximum atomic E-state index is 13.2. The number of hydrogen-bond donors (Lipinski definition) is 1. The van der Waals surface area contributed by atoms with Crippen molar-refractivity contribution in [2.45, 2.75) is 32.4 Å². The molecule has 0 spiro atoms. The number of carbonyl (C=O) groups is 2. The van der Waals surface area contributed by atoms with E-state index >= 15 is 0 Å². The molecule has 1 fully saturated rings. The maximum absolute atomic E-state index is 13.2. The number of hydrogen-bond acceptors (Lipinski definition) is 4. The third-order valence-corrected chi connectivity index (χ3v) is 6.43. The Hall–Kier alpha value is -3.81. The topological polar surface area (TPSA) is 95.4 Å². The van der Waals surface area contributed by atoms with E-state index in [9.17, 15) is 9.59 Å². The summed E-state index contributed by atoms with van der Waals surface area (Å²) in [4.78, 5) is 30.9. The van der Waals surface area contributed by atoms with E-state index in [1.54, 1.807) is 4.90 Å². The van der Waals surface area contributed by atoms with Crippen LogP contribution in [0.25, 0.3) is 33.5 Å². The van der Waals surface area contributed by atoms with Crippen molar-refractivity contribution in [2.24, 2.45) is 12.8 Å². The predicted octanol–water partition coefficient (Wildman–Crippen LogP) is 3.91. The molecule has 0 radical (unpaired) electrons. The molecule has 1 saturated heterocycles. The van der Waals surface area contributed by atoms with Gasteiger partial charge in [-0.1, -0.05) is 18.2 Å². The Labute approximate surface area is 191 Å². The number of ether oxygens (including phenoxy) is 1. The van der Waals surface area contributed by atoms with Crippen LogP contribution in [0.5, 0.6) is 0 Å². The summed E-state index contributed by atoms with van der Waals surface area (Å²) in [6, 6.07) is 16.1. The Kier molecular flexibility index (Phi) is 5.28. The number of carbonyl (C=O) groups excluding carboxylic acids is 2. The zero-order valence-corrected chi connectivity index (χ0v) is 18.8. The van der Waals surface area contributed by atoms with Crippen LogP contribution in [0.4, 0.5) is 4.79 Å². The minimum atomic E-state index is -0.804. The second-order valence-corrected chi connectivity index (χ2v) is 8.48. The third kappa shape index (κ3) is 3.71. The largest absolute Gasteiger partial charge is 0.445 e. The molecule has 0 saturated carbocycles. The molecule has 2 aromatic carbocycles. The van der Waals surface area contributed by atoms with Crippen LogP contribution in [0.2, 0.25) is 0 Å². The standard InChI is InChI=1S/C25H27N5O3/c1-3-30-20-9-5-4-7-16(20)14-22(30)23-27-19-13-17(10-11-21(19)28(23)2)24(31)29-12-6-8-18(15-29)33-25(26)32/h4-5,7,9-11,13-14,18H,3,6,8,12,15H2,1-2H3,(H2,26,32)/t18-/m1/s1. The number of imidazole rings is 1. The third-order valence-electron chi connectivity index (χ3n) is 6.43. The molecule has 1 atom stereocenters. The lowest BCUT2D eigenvalue weighted by Crippen LogP contribution is -2.44. The molecule has 2 aromatic heterocycles. The number of primary amides is 1. The first kappa shape index (κ1) is 21.1. The molecule has 2 N–H and O–H groups in total. The molecule has 170 valence electrons. The predicted molar refractivity (Wildman–Crippen MR) is 127 cm³/mol. The van der Waals surface area contributed by atoms with E-state index < -0.39 is 6.09 Å². The van der Waals surface area contributed by atoms with Crippen LogP contribution < -0.4 is 5.73 Å². The first-order valence-electron chi connectivity index (χ1n) is 11.3. The van der Waals surface area contributed by atoms with Crippen LogP contribution in [-0.2, 0) is 18.3 Å². The molecule has 33 heavy (non-hydrogen) atoms. The summed E-state index contributed by atoms with van der Waals surface area (Å²) in [6.45, 7) is 3.94. The van der Waals surface area contributed by atoms with Crippen LogP contribution in [0, 0.1) is 0 Å². The fourth-order valence-electron chi connectivity index (χ4n) is 4.86. The van der Waals surface area contributed by atoms with Gasteiger partial charge in [-0.15, -0.1) is 0 Å². The second-order valence-electron chi connectivity index (χ2n) is 8.48. The lowest BCUT2D eigenvalue weighted by atomic mass is 10.1. The number of piperidine rings is 1. The van der Waals surface area contributed by atoms with Crippen LogP contribution in [-0.4, -0.2) is 50.2 Å². The highest BCUT2D eigenvalue weighted by molar-refractivity contribution is 5.98. The molecule has 2 amide bonds. The molecule has 5 rings (SSSR count). The first-order chi connectivity index (χ1) is 16.0. The molecular formula is C25H27N5O3. The van der Waals surface area contributed by atoms with Gasteiger partial charge in [-0.05, 0) is 50.1 Å². The van der Waals surface area contributed by atoms with E-state index in [0.29, 0.717) is 25.1 Å². The van der Waals surface area contributed by atoms with Crippen LogP contribution >= 0.6 is 0 Å². The normalized spacial score (nSPS) is 16.4. The fourth-order valence-corrected chi connectivity index (χ4v) is 4.86.